The fraction of sp³-hybridized carbons (Fsp3) is 0.462. The molecule has 0 atom stereocenters. The maximum absolute atomic E-state index is 3.89. The summed E-state index contributed by atoms with van der Waals surface area (Å²) in [4.78, 5) is 0. The Balaban J connectivity index is 2.96. The predicted octanol–water partition coefficient (Wildman–Crippen LogP) is 4.73. The lowest BCUT2D eigenvalue weighted by Gasteiger charge is -2.14. The van der Waals surface area contributed by atoms with E-state index in [4.69, 9.17) is 0 Å². The zero-order valence-corrected chi connectivity index (χ0v) is 10.6. The molecule has 1 rings (SSSR count). The van der Waals surface area contributed by atoms with E-state index in [0.29, 0.717) is 5.92 Å². The van der Waals surface area contributed by atoms with Gasteiger partial charge in [-0.25, -0.2) is 0 Å². The number of rotatable bonds is 4. The second-order valence-electron chi connectivity index (χ2n) is 3.92. The summed E-state index contributed by atoms with van der Waals surface area (Å²) in [5, 5.41) is 0. The van der Waals surface area contributed by atoms with E-state index >= 15 is 0 Å². The average molecular weight is 254 g/mol. The van der Waals surface area contributed by atoms with Crippen molar-refractivity contribution in [1.82, 2.24) is 0 Å². The Labute approximate surface area is 95.9 Å². The summed E-state index contributed by atoms with van der Waals surface area (Å²) in [6.45, 7) is 8.38. The van der Waals surface area contributed by atoms with E-state index in [1.807, 2.05) is 0 Å². The Hall–Kier alpha value is -0.300. The van der Waals surface area contributed by atoms with Gasteiger partial charge in [-0.15, -0.1) is 0 Å². The SMILES string of the molecule is [CH2]CCCc1c(Br)cccc1C(C)C. The highest BCUT2D eigenvalue weighted by Crippen LogP contribution is 2.27. The number of benzene rings is 1. The van der Waals surface area contributed by atoms with Crippen LogP contribution in [0, 0.1) is 6.92 Å². The van der Waals surface area contributed by atoms with E-state index in [1.54, 1.807) is 0 Å². The van der Waals surface area contributed by atoms with Gasteiger partial charge in [0.1, 0.15) is 0 Å². The van der Waals surface area contributed by atoms with Crippen molar-refractivity contribution >= 4 is 15.9 Å². The van der Waals surface area contributed by atoms with Crippen LogP contribution in [0.1, 0.15) is 43.7 Å². The number of hydrogen-bond acceptors (Lipinski definition) is 0. The minimum absolute atomic E-state index is 0.604. The van der Waals surface area contributed by atoms with Crippen molar-refractivity contribution in [2.24, 2.45) is 0 Å². The molecule has 0 spiro atoms. The van der Waals surface area contributed by atoms with Crippen LogP contribution in [0.4, 0.5) is 0 Å². The lowest BCUT2D eigenvalue weighted by molar-refractivity contribution is 0.790. The van der Waals surface area contributed by atoms with Crippen molar-refractivity contribution in [2.75, 3.05) is 0 Å². The van der Waals surface area contributed by atoms with E-state index in [2.05, 4.69) is 54.9 Å². The number of hydrogen-bond donors (Lipinski definition) is 0. The van der Waals surface area contributed by atoms with Crippen LogP contribution in [0.3, 0.4) is 0 Å². The van der Waals surface area contributed by atoms with Crippen molar-refractivity contribution in [1.29, 1.82) is 0 Å². The van der Waals surface area contributed by atoms with Gasteiger partial charge in [-0.1, -0.05) is 55.3 Å². The largest absolute Gasteiger partial charge is 0.0608 e. The van der Waals surface area contributed by atoms with Crippen molar-refractivity contribution in [3.8, 4) is 0 Å². The molecular weight excluding hydrogens is 236 g/mol. The molecule has 0 aliphatic carbocycles. The van der Waals surface area contributed by atoms with Gasteiger partial charge in [-0.05, 0) is 36.0 Å². The van der Waals surface area contributed by atoms with Gasteiger partial charge >= 0.3 is 0 Å². The molecule has 0 aliphatic rings. The fourth-order valence-corrected chi connectivity index (χ4v) is 2.26. The molecule has 0 fully saturated rings. The van der Waals surface area contributed by atoms with E-state index in [9.17, 15) is 0 Å². The van der Waals surface area contributed by atoms with Crippen LogP contribution in [0.2, 0.25) is 0 Å². The molecule has 0 aromatic heterocycles. The molecule has 0 bridgehead atoms. The van der Waals surface area contributed by atoms with E-state index in [0.717, 1.165) is 12.8 Å². The normalized spacial score (nSPS) is 10.9. The lowest BCUT2D eigenvalue weighted by atomic mass is 9.94. The molecule has 0 saturated carbocycles. The molecule has 14 heavy (non-hydrogen) atoms. The van der Waals surface area contributed by atoms with Crippen molar-refractivity contribution in [3.05, 3.63) is 40.7 Å². The number of halogens is 1. The number of unbranched alkanes of at least 4 members (excludes halogenated alkanes) is 1. The zero-order valence-electron chi connectivity index (χ0n) is 9.02. The second kappa shape index (κ2) is 5.55. The Bertz CT molecular complexity index is 289. The van der Waals surface area contributed by atoms with Gasteiger partial charge in [-0.3, -0.25) is 0 Å². The monoisotopic (exact) mass is 253 g/mol. The molecule has 1 radical (unpaired) electrons. The molecular formula is C13H18Br. The van der Waals surface area contributed by atoms with Crippen LogP contribution < -0.4 is 0 Å². The van der Waals surface area contributed by atoms with Gasteiger partial charge in [0, 0.05) is 4.47 Å². The molecule has 1 aromatic carbocycles. The molecule has 0 amide bonds. The summed E-state index contributed by atoms with van der Waals surface area (Å²) >= 11 is 3.63. The third-order valence-corrected chi connectivity index (χ3v) is 3.20. The Morgan fingerprint density at radius 3 is 2.64 bits per heavy atom. The first-order valence-corrected chi connectivity index (χ1v) is 6.02. The van der Waals surface area contributed by atoms with Crippen LogP contribution in [-0.2, 0) is 6.42 Å². The van der Waals surface area contributed by atoms with Gasteiger partial charge in [0.2, 0.25) is 0 Å². The summed E-state index contributed by atoms with van der Waals surface area (Å²) in [5.41, 5.74) is 2.93. The van der Waals surface area contributed by atoms with Gasteiger partial charge in [0.25, 0.3) is 0 Å². The topological polar surface area (TPSA) is 0 Å². The average Bonchev–Trinajstić information content (AvgIpc) is 2.15. The molecule has 1 heteroatoms. The van der Waals surface area contributed by atoms with Crippen LogP contribution in [0.15, 0.2) is 22.7 Å². The minimum atomic E-state index is 0.604. The van der Waals surface area contributed by atoms with Gasteiger partial charge in [0.05, 0.1) is 0 Å². The first-order chi connectivity index (χ1) is 6.66. The smallest absolute Gasteiger partial charge is 0.0210 e. The maximum atomic E-state index is 3.89. The Kier molecular flexibility index (Phi) is 4.67. The molecule has 0 aliphatic heterocycles. The minimum Gasteiger partial charge on any atom is -0.0608 e. The fourth-order valence-electron chi connectivity index (χ4n) is 1.68. The van der Waals surface area contributed by atoms with Crippen molar-refractivity contribution in [2.45, 2.75) is 39.0 Å². The first kappa shape index (κ1) is 11.8. The van der Waals surface area contributed by atoms with Gasteiger partial charge in [0.15, 0.2) is 0 Å². The maximum Gasteiger partial charge on any atom is 0.0210 e. The van der Waals surface area contributed by atoms with E-state index in [1.165, 1.54) is 22.0 Å². The van der Waals surface area contributed by atoms with Crippen LogP contribution >= 0.6 is 15.9 Å². The molecule has 77 valence electrons. The summed E-state index contributed by atoms with van der Waals surface area (Å²) in [5.74, 6) is 0.604. The molecule has 0 unspecified atom stereocenters. The highest BCUT2D eigenvalue weighted by Gasteiger charge is 2.08. The van der Waals surface area contributed by atoms with E-state index in [-0.39, 0.29) is 0 Å². The quantitative estimate of drug-likeness (QED) is 0.728. The zero-order chi connectivity index (χ0) is 10.6. The Morgan fingerprint density at radius 1 is 1.36 bits per heavy atom. The van der Waals surface area contributed by atoms with Crippen molar-refractivity contribution in [3.63, 3.8) is 0 Å². The van der Waals surface area contributed by atoms with Crippen LogP contribution in [-0.4, -0.2) is 0 Å². The summed E-state index contributed by atoms with van der Waals surface area (Å²) < 4.78 is 1.25. The molecule has 1 aromatic rings. The standard InChI is InChI=1S/C13H18Br/c1-4-5-7-12-11(10(2)3)8-6-9-13(12)14/h6,8-10H,1,4-5,7H2,2-3H3. The van der Waals surface area contributed by atoms with E-state index < -0.39 is 0 Å². The third-order valence-electron chi connectivity index (χ3n) is 2.45. The first-order valence-electron chi connectivity index (χ1n) is 5.23. The molecule has 0 saturated heterocycles. The molecule has 0 nitrogen and oxygen atoms in total. The van der Waals surface area contributed by atoms with Crippen molar-refractivity contribution < 1.29 is 0 Å². The molecule has 0 heterocycles. The van der Waals surface area contributed by atoms with Crippen LogP contribution in [0.25, 0.3) is 0 Å². The highest BCUT2D eigenvalue weighted by molar-refractivity contribution is 9.10. The lowest BCUT2D eigenvalue weighted by Crippen LogP contribution is -1.97. The Morgan fingerprint density at radius 2 is 2.07 bits per heavy atom. The highest BCUT2D eigenvalue weighted by atomic mass is 79.9. The van der Waals surface area contributed by atoms with Gasteiger partial charge < -0.3 is 0 Å². The molecule has 0 N–H and O–H groups in total. The summed E-state index contributed by atoms with van der Waals surface area (Å²) in [6, 6.07) is 6.48. The summed E-state index contributed by atoms with van der Waals surface area (Å²) in [6.07, 6.45) is 3.32. The third kappa shape index (κ3) is 2.84. The van der Waals surface area contributed by atoms with Crippen LogP contribution in [0.5, 0.6) is 0 Å². The second-order valence-corrected chi connectivity index (χ2v) is 4.77. The van der Waals surface area contributed by atoms with Gasteiger partial charge in [-0.2, -0.15) is 0 Å². The predicted molar refractivity (Wildman–Crippen MR) is 66.5 cm³/mol. The summed E-state index contributed by atoms with van der Waals surface area (Å²) in [7, 11) is 0.